The van der Waals surface area contributed by atoms with Gasteiger partial charge in [0.25, 0.3) is 0 Å². The number of aryl methyl sites for hydroxylation is 1. The van der Waals surface area contributed by atoms with Crippen molar-refractivity contribution in [3.8, 4) is 0 Å². The largest absolute Gasteiger partial charge is 0.396 e. The molecular weight excluding hydrogens is 232 g/mol. The van der Waals surface area contributed by atoms with E-state index in [0.29, 0.717) is 6.54 Å². The first kappa shape index (κ1) is 10.6. The van der Waals surface area contributed by atoms with Crippen LogP contribution in [-0.4, -0.2) is 23.2 Å². The van der Waals surface area contributed by atoms with Crippen molar-refractivity contribution in [2.75, 3.05) is 13.2 Å². The molecule has 0 aliphatic heterocycles. The Kier molecular flexibility index (Phi) is 3.84. The van der Waals surface area contributed by atoms with Crippen molar-refractivity contribution in [1.82, 2.24) is 4.98 Å². The van der Waals surface area contributed by atoms with Gasteiger partial charge in [0.05, 0.1) is 12.3 Å². The molecule has 0 aromatic carbocycles. The van der Waals surface area contributed by atoms with Gasteiger partial charge in [-0.25, -0.2) is 0 Å². The molecule has 0 saturated heterocycles. The third-order valence-corrected chi connectivity index (χ3v) is 2.80. The summed E-state index contributed by atoms with van der Waals surface area (Å²) >= 11 is 3.37. The Balaban J connectivity index is 2.95. The number of pyridine rings is 1. The van der Waals surface area contributed by atoms with Crippen LogP contribution in [-0.2, 0) is 0 Å². The lowest BCUT2D eigenvalue weighted by molar-refractivity contribution is 0.265. The van der Waals surface area contributed by atoms with Crippen LogP contribution in [0.5, 0.6) is 0 Å². The molecule has 0 spiro atoms. The minimum atomic E-state index is -0.0493. The normalized spacial score (nSPS) is 12.9. The lowest BCUT2D eigenvalue weighted by Crippen LogP contribution is -2.17. The van der Waals surface area contributed by atoms with Crippen LogP contribution in [0, 0.1) is 6.92 Å². The zero-order valence-corrected chi connectivity index (χ0v) is 9.08. The highest BCUT2D eigenvalue weighted by Crippen LogP contribution is 2.18. The number of nitrogens with zero attached hydrogens (tertiary/aromatic N) is 1. The van der Waals surface area contributed by atoms with E-state index in [0.717, 1.165) is 15.9 Å². The van der Waals surface area contributed by atoms with E-state index in [9.17, 15) is 0 Å². The van der Waals surface area contributed by atoms with Crippen LogP contribution >= 0.6 is 15.9 Å². The predicted octanol–water partition coefficient (Wildman–Crippen LogP) is 1.19. The maximum absolute atomic E-state index is 9.01. The predicted molar refractivity (Wildman–Crippen MR) is 55.6 cm³/mol. The van der Waals surface area contributed by atoms with E-state index >= 15 is 0 Å². The van der Waals surface area contributed by atoms with Crippen LogP contribution in [0.4, 0.5) is 0 Å². The summed E-state index contributed by atoms with van der Waals surface area (Å²) in [5.74, 6) is -0.0493. The molecule has 0 aliphatic rings. The molecule has 0 bridgehead atoms. The van der Waals surface area contributed by atoms with Gasteiger partial charge in [-0.2, -0.15) is 0 Å². The molecule has 0 aliphatic carbocycles. The number of hydrogen-bond acceptors (Lipinski definition) is 3. The van der Waals surface area contributed by atoms with Crippen molar-refractivity contribution in [2.45, 2.75) is 12.8 Å². The number of hydrogen-bond donors (Lipinski definition) is 2. The number of rotatable bonds is 3. The molecule has 1 aromatic rings. The Bertz CT molecular complexity index is 287. The van der Waals surface area contributed by atoms with E-state index < -0.39 is 0 Å². The fraction of sp³-hybridized carbons (Fsp3) is 0.444. The molecule has 3 N–H and O–H groups in total. The minimum absolute atomic E-state index is 0.0462. The Labute approximate surface area is 86.1 Å². The third-order valence-electron chi connectivity index (χ3n) is 1.97. The minimum Gasteiger partial charge on any atom is -0.396 e. The Morgan fingerprint density at radius 3 is 2.77 bits per heavy atom. The quantitative estimate of drug-likeness (QED) is 0.840. The van der Waals surface area contributed by atoms with E-state index in [1.165, 1.54) is 0 Å². The molecule has 1 heterocycles. The zero-order chi connectivity index (χ0) is 9.84. The van der Waals surface area contributed by atoms with Crippen LogP contribution < -0.4 is 5.73 Å². The summed E-state index contributed by atoms with van der Waals surface area (Å²) in [5, 5.41) is 9.01. The van der Waals surface area contributed by atoms with Gasteiger partial charge in [0, 0.05) is 22.6 Å². The fourth-order valence-electron chi connectivity index (χ4n) is 1.08. The molecule has 1 unspecified atom stereocenters. The van der Waals surface area contributed by atoms with Gasteiger partial charge in [0.1, 0.15) is 0 Å². The van der Waals surface area contributed by atoms with Crippen LogP contribution in [0.25, 0.3) is 0 Å². The van der Waals surface area contributed by atoms with Crippen molar-refractivity contribution in [3.63, 3.8) is 0 Å². The number of aromatic nitrogens is 1. The van der Waals surface area contributed by atoms with E-state index in [1.807, 2.05) is 19.1 Å². The van der Waals surface area contributed by atoms with E-state index in [2.05, 4.69) is 20.9 Å². The second kappa shape index (κ2) is 4.69. The van der Waals surface area contributed by atoms with Gasteiger partial charge in [0.15, 0.2) is 0 Å². The standard InChI is InChI=1S/C9H13BrN2O/c1-6-8(10)2-3-9(12-6)7(4-11)5-13/h2-3,7,13H,4-5,11H2,1H3. The van der Waals surface area contributed by atoms with Gasteiger partial charge in [-0.1, -0.05) is 0 Å². The van der Waals surface area contributed by atoms with E-state index in [-0.39, 0.29) is 12.5 Å². The SMILES string of the molecule is Cc1nc(C(CN)CO)ccc1Br. The monoisotopic (exact) mass is 244 g/mol. The number of nitrogens with two attached hydrogens (primary N) is 1. The van der Waals surface area contributed by atoms with Gasteiger partial charge in [-0.05, 0) is 35.0 Å². The summed E-state index contributed by atoms with van der Waals surface area (Å²) in [6.07, 6.45) is 0. The molecule has 0 amide bonds. The first-order chi connectivity index (χ1) is 6.19. The first-order valence-corrected chi connectivity index (χ1v) is 4.92. The van der Waals surface area contributed by atoms with Crippen molar-refractivity contribution < 1.29 is 5.11 Å². The maximum Gasteiger partial charge on any atom is 0.0527 e. The fourth-order valence-corrected chi connectivity index (χ4v) is 1.30. The third kappa shape index (κ3) is 2.49. The first-order valence-electron chi connectivity index (χ1n) is 4.13. The molecule has 1 rings (SSSR count). The zero-order valence-electron chi connectivity index (χ0n) is 7.50. The van der Waals surface area contributed by atoms with Crippen LogP contribution in [0.3, 0.4) is 0 Å². The highest BCUT2D eigenvalue weighted by molar-refractivity contribution is 9.10. The van der Waals surface area contributed by atoms with Crippen LogP contribution in [0.15, 0.2) is 16.6 Å². The molecule has 0 radical (unpaired) electrons. The average Bonchev–Trinajstić information content (AvgIpc) is 2.13. The molecule has 0 saturated carbocycles. The lowest BCUT2D eigenvalue weighted by atomic mass is 10.1. The Morgan fingerprint density at radius 2 is 2.31 bits per heavy atom. The van der Waals surface area contributed by atoms with Gasteiger partial charge < -0.3 is 10.8 Å². The number of halogens is 1. The van der Waals surface area contributed by atoms with E-state index in [1.54, 1.807) is 0 Å². The molecule has 72 valence electrons. The number of aliphatic hydroxyl groups excluding tert-OH is 1. The summed E-state index contributed by atoms with van der Waals surface area (Å²) in [6, 6.07) is 3.81. The smallest absolute Gasteiger partial charge is 0.0527 e. The Morgan fingerprint density at radius 1 is 1.62 bits per heavy atom. The van der Waals surface area contributed by atoms with Crippen molar-refractivity contribution in [3.05, 3.63) is 28.0 Å². The molecule has 1 aromatic heterocycles. The Hall–Kier alpha value is -0.450. The summed E-state index contributed by atoms with van der Waals surface area (Å²) in [6.45, 7) is 2.38. The summed E-state index contributed by atoms with van der Waals surface area (Å²) < 4.78 is 0.977. The van der Waals surface area contributed by atoms with Gasteiger partial charge in [0.2, 0.25) is 0 Å². The van der Waals surface area contributed by atoms with Crippen LogP contribution in [0.2, 0.25) is 0 Å². The maximum atomic E-state index is 9.01. The van der Waals surface area contributed by atoms with Gasteiger partial charge in [-0.3, -0.25) is 4.98 Å². The highest BCUT2D eigenvalue weighted by atomic mass is 79.9. The lowest BCUT2D eigenvalue weighted by Gasteiger charge is -2.11. The van der Waals surface area contributed by atoms with Crippen molar-refractivity contribution >= 4 is 15.9 Å². The molecule has 1 atom stereocenters. The van der Waals surface area contributed by atoms with Gasteiger partial charge in [-0.15, -0.1) is 0 Å². The molecule has 13 heavy (non-hydrogen) atoms. The van der Waals surface area contributed by atoms with Crippen molar-refractivity contribution in [2.24, 2.45) is 5.73 Å². The summed E-state index contributed by atoms with van der Waals surface area (Å²) in [4.78, 5) is 4.33. The molecule has 4 heteroatoms. The van der Waals surface area contributed by atoms with Crippen molar-refractivity contribution in [1.29, 1.82) is 0 Å². The molecule has 0 fully saturated rings. The highest BCUT2D eigenvalue weighted by Gasteiger charge is 2.10. The van der Waals surface area contributed by atoms with Gasteiger partial charge >= 0.3 is 0 Å². The topological polar surface area (TPSA) is 59.1 Å². The average molecular weight is 245 g/mol. The molecule has 3 nitrogen and oxygen atoms in total. The van der Waals surface area contributed by atoms with E-state index in [4.69, 9.17) is 10.8 Å². The van der Waals surface area contributed by atoms with Crippen LogP contribution in [0.1, 0.15) is 17.3 Å². The second-order valence-corrected chi connectivity index (χ2v) is 3.77. The summed E-state index contributed by atoms with van der Waals surface area (Å²) in [7, 11) is 0. The second-order valence-electron chi connectivity index (χ2n) is 2.92. The number of aliphatic hydroxyl groups is 1. The summed E-state index contributed by atoms with van der Waals surface area (Å²) in [5.41, 5.74) is 7.26. The molecular formula is C9H13BrN2O.